The highest BCUT2D eigenvalue weighted by Gasteiger charge is 2.21. The normalized spacial score (nSPS) is 14.0. The summed E-state index contributed by atoms with van der Waals surface area (Å²) in [5.74, 6) is 1.98. The second-order valence-electron chi connectivity index (χ2n) is 7.26. The molecule has 0 fully saturated rings. The van der Waals surface area contributed by atoms with E-state index in [1.165, 1.54) is 16.7 Å². The number of methoxy groups -OCH3 is 2. The Morgan fingerprint density at radius 2 is 1.70 bits per heavy atom. The van der Waals surface area contributed by atoms with Crippen molar-refractivity contribution in [2.24, 2.45) is 0 Å². The van der Waals surface area contributed by atoms with Crippen LogP contribution >= 0.6 is 0 Å². The number of anilines is 1. The summed E-state index contributed by atoms with van der Waals surface area (Å²) in [4.78, 5) is 14.6. The highest BCUT2D eigenvalue weighted by molar-refractivity contribution is 5.92. The van der Waals surface area contributed by atoms with Crippen LogP contribution in [0.1, 0.15) is 36.5 Å². The minimum absolute atomic E-state index is 0.0104. The van der Waals surface area contributed by atoms with Crippen molar-refractivity contribution < 1.29 is 14.3 Å². The molecule has 2 aromatic rings. The second kappa shape index (κ2) is 8.44. The molecule has 0 atom stereocenters. The largest absolute Gasteiger partial charge is 0.493 e. The molecule has 0 saturated carbocycles. The van der Waals surface area contributed by atoms with E-state index in [2.05, 4.69) is 36.2 Å². The fourth-order valence-corrected chi connectivity index (χ4v) is 3.43. The van der Waals surface area contributed by atoms with Gasteiger partial charge in [-0.1, -0.05) is 26.0 Å². The van der Waals surface area contributed by atoms with E-state index in [1.54, 1.807) is 14.2 Å². The molecule has 0 saturated heterocycles. The van der Waals surface area contributed by atoms with Crippen LogP contribution in [0.2, 0.25) is 0 Å². The van der Waals surface area contributed by atoms with Crippen LogP contribution in [0.15, 0.2) is 36.4 Å². The third-order valence-electron chi connectivity index (χ3n) is 5.03. The van der Waals surface area contributed by atoms with E-state index in [4.69, 9.17) is 9.47 Å². The van der Waals surface area contributed by atoms with Gasteiger partial charge in [0, 0.05) is 18.8 Å². The maximum Gasteiger partial charge on any atom is 0.238 e. The number of ether oxygens (including phenoxy) is 2. The number of fused-ring (bicyclic) bond motifs is 1. The zero-order valence-electron chi connectivity index (χ0n) is 16.5. The molecule has 0 unspecified atom stereocenters. The van der Waals surface area contributed by atoms with E-state index in [9.17, 15) is 4.79 Å². The lowest BCUT2D eigenvalue weighted by Crippen LogP contribution is -2.37. The summed E-state index contributed by atoms with van der Waals surface area (Å²) in [6.07, 6.45) is 0.895. The SMILES string of the molecule is COc1cc2c(cc1OC)CN(CC(=O)Nc1ccc(C(C)C)cc1)CC2. The van der Waals surface area contributed by atoms with Gasteiger partial charge in [-0.25, -0.2) is 0 Å². The Bertz CT molecular complexity index is 800. The van der Waals surface area contributed by atoms with Crippen LogP contribution in [0.25, 0.3) is 0 Å². The molecular weight excluding hydrogens is 340 g/mol. The number of rotatable bonds is 6. The van der Waals surface area contributed by atoms with Crippen LogP contribution in [-0.4, -0.2) is 38.1 Å². The van der Waals surface area contributed by atoms with Gasteiger partial charge in [0.05, 0.1) is 20.8 Å². The van der Waals surface area contributed by atoms with Crippen LogP contribution in [-0.2, 0) is 17.8 Å². The van der Waals surface area contributed by atoms with Gasteiger partial charge in [-0.3, -0.25) is 9.69 Å². The van der Waals surface area contributed by atoms with Gasteiger partial charge < -0.3 is 14.8 Å². The van der Waals surface area contributed by atoms with Crippen LogP contribution in [0, 0.1) is 0 Å². The van der Waals surface area contributed by atoms with E-state index in [0.29, 0.717) is 12.5 Å². The molecule has 0 aliphatic carbocycles. The summed E-state index contributed by atoms with van der Waals surface area (Å²) in [7, 11) is 3.29. The zero-order valence-corrected chi connectivity index (χ0v) is 16.5. The van der Waals surface area contributed by atoms with Gasteiger partial charge in [-0.05, 0) is 53.3 Å². The van der Waals surface area contributed by atoms with Gasteiger partial charge in [0.15, 0.2) is 11.5 Å². The Labute approximate surface area is 161 Å². The first-order valence-electron chi connectivity index (χ1n) is 9.36. The lowest BCUT2D eigenvalue weighted by molar-refractivity contribution is -0.117. The lowest BCUT2D eigenvalue weighted by Gasteiger charge is -2.29. The van der Waals surface area contributed by atoms with Crippen molar-refractivity contribution in [3.63, 3.8) is 0 Å². The van der Waals surface area contributed by atoms with Crippen molar-refractivity contribution >= 4 is 11.6 Å². The third kappa shape index (κ3) is 4.61. The number of nitrogens with zero attached hydrogens (tertiary/aromatic N) is 1. The summed E-state index contributed by atoms with van der Waals surface area (Å²) in [6.45, 7) is 6.27. The molecule has 1 N–H and O–H groups in total. The smallest absolute Gasteiger partial charge is 0.238 e. The molecule has 0 radical (unpaired) electrons. The first-order valence-corrected chi connectivity index (χ1v) is 9.36. The number of hydrogen-bond acceptors (Lipinski definition) is 4. The zero-order chi connectivity index (χ0) is 19.4. The topological polar surface area (TPSA) is 50.8 Å². The van der Waals surface area contributed by atoms with Gasteiger partial charge in [-0.2, -0.15) is 0 Å². The van der Waals surface area contributed by atoms with Crippen molar-refractivity contribution in [2.45, 2.75) is 32.7 Å². The lowest BCUT2D eigenvalue weighted by atomic mass is 9.99. The van der Waals surface area contributed by atoms with Crippen molar-refractivity contribution in [3.8, 4) is 11.5 Å². The number of nitrogens with one attached hydrogen (secondary N) is 1. The highest BCUT2D eigenvalue weighted by atomic mass is 16.5. The molecule has 5 nitrogen and oxygen atoms in total. The minimum atomic E-state index is 0.0104. The maximum atomic E-state index is 12.4. The van der Waals surface area contributed by atoms with Gasteiger partial charge in [-0.15, -0.1) is 0 Å². The van der Waals surface area contributed by atoms with Crippen molar-refractivity contribution in [1.82, 2.24) is 4.90 Å². The summed E-state index contributed by atoms with van der Waals surface area (Å²) in [5.41, 5.74) is 4.56. The van der Waals surface area contributed by atoms with Crippen LogP contribution < -0.4 is 14.8 Å². The quantitative estimate of drug-likeness (QED) is 0.842. The molecule has 3 rings (SSSR count). The number of carbonyl (C=O) groups is 1. The second-order valence-corrected chi connectivity index (χ2v) is 7.26. The Kier molecular flexibility index (Phi) is 6.01. The molecule has 1 aliphatic rings. The average molecular weight is 368 g/mol. The molecule has 27 heavy (non-hydrogen) atoms. The molecule has 1 heterocycles. The van der Waals surface area contributed by atoms with E-state index >= 15 is 0 Å². The summed E-state index contributed by atoms with van der Waals surface area (Å²) < 4.78 is 10.8. The number of benzene rings is 2. The monoisotopic (exact) mass is 368 g/mol. The predicted octanol–water partition coefficient (Wildman–Crippen LogP) is 3.82. The molecule has 1 aliphatic heterocycles. The van der Waals surface area contributed by atoms with Gasteiger partial charge in [0.1, 0.15) is 0 Å². The number of hydrogen-bond donors (Lipinski definition) is 1. The first kappa shape index (κ1) is 19.2. The van der Waals surface area contributed by atoms with Crippen LogP contribution in [0.4, 0.5) is 5.69 Å². The van der Waals surface area contributed by atoms with Crippen molar-refractivity contribution in [1.29, 1.82) is 0 Å². The molecule has 1 amide bonds. The van der Waals surface area contributed by atoms with Crippen LogP contribution in [0.3, 0.4) is 0 Å². The van der Waals surface area contributed by atoms with E-state index < -0.39 is 0 Å². The van der Waals surface area contributed by atoms with E-state index in [0.717, 1.165) is 36.7 Å². The van der Waals surface area contributed by atoms with E-state index in [1.807, 2.05) is 24.3 Å². The molecule has 0 aromatic heterocycles. The highest BCUT2D eigenvalue weighted by Crippen LogP contribution is 2.33. The fraction of sp³-hybridized carbons (Fsp3) is 0.409. The number of carbonyl (C=O) groups excluding carboxylic acids is 1. The predicted molar refractivity (Wildman–Crippen MR) is 108 cm³/mol. The molecule has 5 heteroatoms. The minimum Gasteiger partial charge on any atom is -0.493 e. The summed E-state index contributed by atoms with van der Waals surface area (Å²) in [6, 6.07) is 12.1. The van der Waals surface area contributed by atoms with Gasteiger partial charge >= 0.3 is 0 Å². The standard InChI is InChI=1S/C22H28N2O3/c1-15(2)16-5-7-19(8-6-16)23-22(25)14-24-10-9-17-11-20(26-3)21(27-4)12-18(17)13-24/h5-8,11-12,15H,9-10,13-14H2,1-4H3,(H,23,25). The fourth-order valence-electron chi connectivity index (χ4n) is 3.43. The van der Waals surface area contributed by atoms with Crippen molar-refractivity contribution in [3.05, 3.63) is 53.1 Å². The Hall–Kier alpha value is -2.53. The Morgan fingerprint density at radius 1 is 1.07 bits per heavy atom. The maximum absolute atomic E-state index is 12.4. The molecular formula is C22H28N2O3. The van der Waals surface area contributed by atoms with Crippen LogP contribution in [0.5, 0.6) is 11.5 Å². The molecule has 144 valence electrons. The average Bonchev–Trinajstić information content (AvgIpc) is 2.67. The Balaban J connectivity index is 1.61. The number of amides is 1. The molecule has 0 bridgehead atoms. The van der Waals surface area contributed by atoms with Gasteiger partial charge in [0.2, 0.25) is 5.91 Å². The van der Waals surface area contributed by atoms with E-state index in [-0.39, 0.29) is 5.91 Å². The molecule has 2 aromatic carbocycles. The van der Waals surface area contributed by atoms with Crippen molar-refractivity contribution in [2.75, 3.05) is 32.6 Å². The summed E-state index contributed by atoms with van der Waals surface area (Å²) >= 11 is 0. The molecule has 0 spiro atoms. The first-order chi connectivity index (χ1) is 13.0. The van der Waals surface area contributed by atoms with Gasteiger partial charge in [0.25, 0.3) is 0 Å². The summed E-state index contributed by atoms with van der Waals surface area (Å²) in [5, 5.41) is 2.99. The third-order valence-corrected chi connectivity index (χ3v) is 5.03. The Morgan fingerprint density at radius 3 is 2.30 bits per heavy atom.